The molecule has 186 valence electrons. The van der Waals surface area contributed by atoms with Gasteiger partial charge in [-0.05, 0) is 61.6 Å². The SMILES string of the molecule is CC1=C(C(=O)OC(C)C)C(c2ccc([N+](=O)[O-])cc2)N2C(CC(=O)NCc3ccncc3)=CSC2=N1. The summed E-state index contributed by atoms with van der Waals surface area (Å²) in [6.45, 7) is 5.62. The molecule has 1 aromatic heterocycles. The van der Waals surface area contributed by atoms with E-state index in [0.717, 1.165) is 5.56 Å². The molecule has 36 heavy (non-hydrogen) atoms. The average Bonchev–Trinajstić information content (AvgIpc) is 3.23. The van der Waals surface area contributed by atoms with E-state index in [9.17, 15) is 19.7 Å². The highest BCUT2D eigenvalue weighted by Crippen LogP contribution is 2.45. The molecule has 2 aliphatic heterocycles. The van der Waals surface area contributed by atoms with Crippen molar-refractivity contribution in [2.24, 2.45) is 4.99 Å². The van der Waals surface area contributed by atoms with Crippen LogP contribution in [0.4, 0.5) is 5.69 Å². The van der Waals surface area contributed by atoms with Crippen LogP contribution in [0.2, 0.25) is 0 Å². The van der Waals surface area contributed by atoms with Gasteiger partial charge >= 0.3 is 5.97 Å². The van der Waals surface area contributed by atoms with E-state index in [1.807, 2.05) is 22.4 Å². The molecule has 0 saturated heterocycles. The number of thioether (sulfide) groups is 1. The lowest BCUT2D eigenvalue weighted by Gasteiger charge is -2.36. The number of amidine groups is 1. The van der Waals surface area contributed by atoms with Crippen molar-refractivity contribution >= 4 is 34.5 Å². The summed E-state index contributed by atoms with van der Waals surface area (Å²) < 4.78 is 5.51. The smallest absolute Gasteiger partial charge is 0.338 e. The summed E-state index contributed by atoms with van der Waals surface area (Å²) in [5.74, 6) is -0.716. The van der Waals surface area contributed by atoms with Crippen LogP contribution in [0.1, 0.15) is 44.4 Å². The number of nitrogens with zero attached hydrogens (tertiary/aromatic N) is 4. The zero-order chi connectivity index (χ0) is 25.8. The molecule has 1 aromatic carbocycles. The predicted octanol–water partition coefficient (Wildman–Crippen LogP) is 4.22. The van der Waals surface area contributed by atoms with Crippen LogP contribution >= 0.6 is 11.8 Å². The number of nitrogens with one attached hydrogen (secondary N) is 1. The number of allylic oxidation sites excluding steroid dienone is 1. The lowest BCUT2D eigenvalue weighted by molar-refractivity contribution is -0.384. The fourth-order valence-electron chi connectivity index (χ4n) is 3.93. The molecule has 4 rings (SSSR count). The van der Waals surface area contributed by atoms with Gasteiger partial charge in [0.15, 0.2) is 5.17 Å². The van der Waals surface area contributed by atoms with Crippen LogP contribution in [0.15, 0.2) is 76.2 Å². The number of ether oxygens (including phenoxy) is 1. The molecule has 0 radical (unpaired) electrons. The van der Waals surface area contributed by atoms with Crippen LogP contribution < -0.4 is 5.32 Å². The summed E-state index contributed by atoms with van der Waals surface area (Å²) in [4.78, 5) is 47.1. The van der Waals surface area contributed by atoms with E-state index >= 15 is 0 Å². The van der Waals surface area contributed by atoms with E-state index in [1.165, 1.54) is 23.9 Å². The van der Waals surface area contributed by atoms with E-state index in [0.29, 0.717) is 34.2 Å². The Kier molecular flexibility index (Phi) is 7.49. The van der Waals surface area contributed by atoms with E-state index in [-0.39, 0.29) is 24.1 Å². The zero-order valence-electron chi connectivity index (χ0n) is 20.0. The molecule has 2 aliphatic rings. The minimum absolute atomic E-state index is 0.0579. The number of aliphatic imine (C=N–C) groups is 1. The van der Waals surface area contributed by atoms with Crippen LogP contribution in [0, 0.1) is 10.1 Å². The number of benzene rings is 1. The van der Waals surface area contributed by atoms with Gasteiger partial charge in [0.05, 0.1) is 34.8 Å². The number of non-ortho nitro benzene ring substituents is 1. The first-order valence-electron chi connectivity index (χ1n) is 11.3. The highest BCUT2D eigenvalue weighted by Gasteiger charge is 2.41. The van der Waals surface area contributed by atoms with Gasteiger partial charge < -0.3 is 15.0 Å². The maximum absolute atomic E-state index is 13.2. The van der Waals surface area contributed by atoms with Crippen molar-refractivity contribution in [2.75, 3.05) is 0 Å². The Morgan fingerprint density at radius 2 is 1.89 bits per heavy atom. The highest BCUT2D eigenvalue weighted by molar-refractivity contribution is 8.16. The fourth-order valence-corrected chi connectivity index (χ4v) is 4.89. The molecule has 2 aromatic rings. The highest BCUT2D eigenvalue weighted by atomic mass is 32.2. The number of fused-ring (bicyclic) bond motifs is 1. The first-order chi connectivity index (χ1) is 17.2. The number of rotatable bonds is 8. The summed E-state index contributed by atoms with van der Waals surface area (Å²) in [7, 11) is 0. The summed E-state index contributed by atoms with van der Waals surface area (Å²) in [6.07, 6.45) is 3.04. The maximum atomic E-state index is 13.2. The van der Waals surface area contributed by atoms with Gasteiger partial charge in [0.2, 0.25) is 5.91 Å². The monoisotopic (exact) mass is 507 g/mol. The second-order valence-corrected chi connectivity index (χ2v) is 9.34. The van der Waals surface area contributed by atoms with Gasteiger partial charge in [-0.25, -0.2) is 9.79 Å². The molecular weight excluding hydrogens is 482 g/mol. The number of nitro benzene ring substituents is 1. The standard InChI is InChI=1S/C25H25N5O5S/c1-15(2)35-24(32)22-16(3)28-25-29(23(22)18-4-6-19(7-5-18)30(33)34)20(14-36-25)12-21(31)27-13-17-8-10-26-11-9-17/h4-11,14-15,23H,12-13H2,1-3H3,(H,27,31). The summed E-state index contributed by atoms with van der Waals surface area (Å²) >= 11 is 1.36. The molecule has 0 spiro atoms. The van der Waals surface area contributed by atoms with E-state index in [2.05, 4.69) is 15.3 Å². The number of aromatic nitrogens is 1. The number of hydrogen-bond donors (Lipinski definition) is 1. The minimum Gasteiger partial charge on any atom is -0.459 e. The Bertz CT molecular complexity index is 1270. The fraction of sp³-hybridized carbons (Fsp3) is 0.280. The topological polar surface area (TPSA) is 127 Å². The second-order valence-electron chi connectivity index (χ2n) is 8.50. The molecule has 0 saturated carbocycles. The third-order valence-electron chi connectivity index (χ3n) is 5.56. The van der Waals surface area contributed by atoms with E-state index < -0.39 is 16.9 Å². The third kappa shape index (κ3) is 5.46. The molecule has 3 heterocycles. The van der Waals surface area contributed by atoms with Crippen LogP contribution in [0.3, 0.4) is 0 Å². The molecule has 1 N–H and O–H groups in total. The molecule has 10 nitrogen and oxygen atoms in total. The Labute approximate surface area is 212 Å². The van der Waals surface area contributed by atoms with Crippen LogP contribution in [-0.2, 0) is 20.9 Å². The van der Waals surface area contributed by atoms with Crippen molar-refractivity contribution in [3.8, 4) is 0 Å². The Morgan fingerprint density at radius 3 is 2.53 bits per heavy atom. The normalized spacial score (nSPS) is 16.9. The predicted molar refractivity (Wildman–Crippen MR) is 135 cm³/mol. The summed E-state index contributed by atoms with van der Waals surface area (Å²) in [5, 5.41) is 16.5. The van der Waals surface area contributed by atoms with Crippen molar-refractivity contribution in [3.05, 3.63) is 92.4 Å². The number of carbonyl (C=O) groups is 2. The van der Waals surface area contributed by atoms with Crippen molar-refractivity contribution in [3.63, 3.8) is 0 Å². The second kappa shape index (κ2) is 10.7. The molecule has 11 heteroatoms. The van der Waals surface area contributed by atoms with Gasteiger partial charge in [-0.1, -0.05) is 11.8 Å². The van der Waals surface area contributed by atoms with Crippen LogP contribution in [0.5, 0.6) is 0 Å². The van der Waals surface area contributed by atoms with Gasteiger partial charge in [0.1, 0.15) is 0 Å². The molecule has 0 aliphatic carbocycles. The van der Waals surface area contributed by atoms with Crippen molar-refractivity contribution in [2.45, 2.75) is 45.9 Å². The van der Waals surface area contributed by atoms with E-state index in [4.69, 9.17) is 4.74 Å². The van der Waals surface area contributed by atoms with E-state index in [1.54, 1.807) is 45.3 Å². The first-order valence-corrected chi connectivity index (χ1v) is 12.2. The van der Waals surface area contributed by atoms with Gasteiger partial charge in [0, 0.05) is 36.8 Å². The van der Waals surface area contributed by atoms with Crippen LogP contribution in [0.25, 0.3) is 0 Å². The van der Waals surface area contributed by atoms with Gasteiger partial charge in [-0.2, -0.15) is 0 Å². The molecule has 1 amide bonds. The number of pyridine rings is 1. The van der Waals surface area contributed by atoms with Gasteiger partial charge in [-0.3, -0.25) is 19.9 Å². The zero-order valence-corrected chi connectivity index (χ0v) is 20.8. The van der Waals surface area contributed by atoms with Crippen molar-refractivity contribution < 1.29 is 19.2 Å². The van der Waals surface area contributed by atoms with Gasteiger partial charge in [0.25, 0.3) is 5.69 Å². The Hall–Kier alpha value is -3.99. The summed E-state index contributed by atoms with van der Waals surface area (Å²) in [5.41, 5.74) is 3.00. The third-order valence-corrected chi connectivity index (χ3v) is 6.45. The lowest BCUT2D eigenvalue weighted by Crippen LogP contribution is -2.38. The summed E-state index contributed by atoms with van der Waals surface area (Å²) in [6, 6.07) is 9.03. The number of hydrogen-bond acceptors (Lipinski definition) is 9. The number of esters is 1. The lowest BCUT2D eigenvalue weighted by atomic mass is 9.93. The molecular formula is C25H25N5O5S. The molecule has 0 bridgehead atoms. The maximum Gasteiger partial charge on any atom is 0.338 e. The Morgan fingerprint density at radius 1 is 1.19 bits per heavy atom. The molecule has 1 unspecified atom stereocenters. The number of amides is 1. The van der Waals surface area contributed by atoms with Gasteiger partial charge in [-0.15, -0.1) is 0 Å². The quantitative estimate of drug-likeness (QED) is 0.320. The minimum atomic E-state index is -0.654. The Balaban J connectivity index is 1.63. The number of carbonyl (C=O) groups excluding carboxylic acids is 2. The van der Waals surface area contributed by atoms with Crippen LogP contribution in [-0.4, -0.2) is 38.0 Å². The first kappa shape index (κ1) is 25.1. The average molecular weight is 508 g/mol. The molecule has 0 fully saturated rings. The van der Waals surface area contributed by atoms with Crippen molar-refractivity contribution in [1.82, 2.24) is 15.2 Å². The van der Waals surface area contributed by atoms with Crippen molar-refractivity contribution in [1.29, 1.82) is 0 Å². The number of nitro groups is 1. The largest absolute Gasteiger partial charge is 0.459 e. The molecule has 1 atom stereocenters.